The number of sulfonamides is 1. The van der Waals surface area contributed by atoms with E-state index in [0.717, 1.165) is 5.56 Å². The minimum Gasteiger partial charge on any atom is -0.495 e. The van der Waals surface area contributed by atoms with Crippen LogP contribution in [-0.4, -0.2) is 21.4 Å². The summed E-state index contributed by atoms with van der Waals surface area (Å²) in [7, 11) is -2.26. The van der Waals surface area contributed by atoms with Crippen LogP contribution in [0.4, 0.5) is 5.69 Å². The number of anilines is 1. The Hall–Kier alpha value is -2.38. The number of carbonyl (C=O) groups excluding carboxylic acids is 1. The maximum absolute atomic E-state index is 12.2. The van der Waals surface area contributed by atoms with E-state index in [4.69, 9.17) is 9.88 Å². The number of primary sulfonamides is 1. The summed E-state index contributed by atoms with van der Waals surface area (Å²) in [4.78, 5) is 12.2. The average molecular weight is 320 g/mol. The van der Waals surface area contributed by atoms with E-state index in [0.29, 0.717) is 17.0 Å². The third-order valence-electron chi connectivity index (χ3n) is 3.05. The lowest BCUT2D eigenvalue weighted by atomic mass is 10.1. The van der Waals surface area contributed by atoms with Gasteiger partial charge in [0.2, 0.25) is 10.0 Å². The van der Waals surface area contributed by atoms with Gasteiger partial charge in [-0.25, -0.2) is 13.6 Å². The van der Waals surface area contributed by atoms with Crippen molar-refractivity contribution in [1.82, 2.24) is 0 Å². The van der Waals surface area contributed by atoms with Crippen LogP contribution in [0.2, 0.25) is 0 Å². The van der Waals surface area contributed by atoms with Crippen LogP contribution < -0.4 is 15.2 Å². The monoisotopic (exact) mass is 320 g/mol. The summed E-state index contributed by atoms with van der Waals surface area (Å²) in [6, 6.07) is 10.8. The number of nitrogens with two attached hydrogens (primary N) is 1. The van der Waals surface area contributed by atoms with Crippen molar-refractivity contribution in [2.75, 3.05) is 12.4 Å². The largest absolute Gasteiger partial charge is 0.495 e. The number of benzene rings is 2. The van der Waals surface area contributed by atoms with Crippen molar-refractivity contribution < 1.29 is 17.9 Å². The van der Waals surface area contributed by atoms with Crippen LogP contribution in [0.3, 0.4) is 0 Å². The zero-order valence-corrected chi connectivity index (χ0v) is 13.0. The fourth-order valence-corrected chi connectivity index (χ4v) is 2.43. The second-order valence-electron chi connectivity index (χ2n) is 4.73. The van der Waals surface area contributed by atoms with Crippen molar-refractivity contribution in [1.29, 1.82) is 0 Å². The molecule has 0 fully saturated rings. The molecule has 0 aliphatic rings. The molecule has 0 atom stereocenters. The molecule has 0 saturated carbocycles. The molecule has 0 unspecified atom stereocenters. The second-order valence-corrected chi connectivity index (χ2v) is 6.29. The lowest BCUT2D eigenvalue weighted by molar-refractivity contribution is 0.102. The number of nitrogens with one attached hydrogen (secondary N) is 1. The fraction of sp³-hybridized carbons (Fsp3) is 0.133. The van der Waals surface area contributed by atoms with E-state index in [1.807, 2.05) is 13.0 Å². The van der Waals surface area contributed by atoms with Crippen molar-refractivity contribution in [3.8, 4) is 5.75 Å². The first kappa shape index (κ1) is 16.0. The molecule has 0 heterocycles. The molecule has 2 aromatic rings. The topological polar surface area (TPSA) is 98.5 Å². The molecular weight excluding hydrogens is 304 g/mol. The molecule has 0 spiro atoms. The van der Waals surface area contributed by atoms with Crippen molar-refractivity contribution in [3.63, 3.8) is 0 Å². The molecule has 1 amide bonds. The number of methoxy groups -OCH3 is 1. The molecule has 0 saturated heterocycles. The van der Waals surface area contributed by atoms with E-state index in [1.165, 1.54) is 31.4 Å². The standard InChI is InChI=1S/C15H16N2O4S/c1-10-3-8-14(21-2)13(9-10)17-15(18)11-4-6-12(7-5-11)22(16,19)20/h3-9H,1-2H3,(H,17,18)(H2,16,19,20). The van der Waals surface area contributed by atoms with E-state index >= 15 is 0 Å². The highest BCUT2D eigenvalue weighted by Gasteiger charge is 2.12. The van der Waals surface area contributed by atoms with Crippen LogP contribution in [0, 0.1) is 6.92 Å². The van der Waals surface area contributed by atoms with Crippen LogP contribution in [0.5, 0.6) is 5.75 Å². The Bertz CT molecular complexity index is 799. The highest BCUT2D eigenvalue weighted by Crippen LogP contribution is 2.25. The van der Waals surface area contributed by atoms with Crippen LogP contribution in [0.15, 0.2) is 47.4 Å². The zero-order valence-electron chi connectivity index (χ0n) is 12.2. The summed E-state index contributed by atoms with van der Waals surface area (Å²) in [5.74, 6) is 0.171. The fourth-order valence-electron chi connectivity index (χ4n) is 1.91. The van der Waals surface area contributed by atoms with Crippen molar-refractivity contribution in [3.05, 3.63) is 53.6 Å². The molecule has 3 N–H and O–H groups in total. The van der Waals surface area contributed by atoms with Gasteiger partial charge >= 0.3 is 0 Å². The molecule has 0 radical (unpaired) electrons. The van der Waals surface area contributed by atoms with Gasteiger partial charge in [0.15, 0.2) is 0 Å². The summed E-state index contributed by atoms with van der Waals surface area (Å²) in [6.07, 6.45) is 0. The number of hydrogen-bond donors (Lipinski definition) is 2. The number of carbonyl (C=O) groups is 1. The molecule has 22 heavy (non-hydrogen) atoms. The van der Waals surface area contributed by atoms with Crippen molar-refractivity contribution in [2.45, 2.75) is 11.8 Å². The molecular formula is C15H16N2O4S. The Morgan fingerprint density at radius 2 is 1.77 bits per heavy atom. The van der Waals surface area contributed by atoms with E-state index in [1.54, 1.807) is 12.1 Å². The Morgan fingerprint density at radius 1 is 1.14 bits per heavy atom. The SMILES string of the molecule is COc1ccc(C)cc1NC(=O)c1ccc(S(N)(=O)=O)cc1. The summed E-state index contributed by atoms with van der Waals surface area (Å²) in [5, 5.41) is 7.75. The van der Waals surface area contributed by atoms with Gasteiger partial charge in [-0.15, -0.1) is 0 Å². The van der Waals surface area contributed by atoms with Crippen LogP contribution in [0.1, 0.15) is 15.9 Å². The summed E-state index contributed by atoms with van der Waals surface area (Å²) >= 11 is 0. The number of hydrogen-bond acceptors (Lipinski definition) is 4. The van der Waals surface area contributed by atoms with Gasteiger partial charge in [-0.2, -0.15) is 0 Å². The quantitative estimate of drug-likeness (QED) is 0.899. The Balaban J connectivity index is 2.24. The molecule has 2 rings (SSSR count). The van der Waals surface area contributed by atoms with Gasteiger partial charge in [-0.05, 0) is 48.9 Å². The van der Waals surface area contributed by atoms with E-state index in [9.17, 15) is 13.2 Å². The first-order chi connectivity index (χ1) is 10.3. The van der Waals surface area contributed by atoms with E-state index < -0.39 is 10.0 Å². The number of rotatable bonds is 4. The highest BCUT2D eigenvalue weighted by atomic mass is 32.2. The van der Waals surface area contributed by atoms with Gasteiger partial charge in [-0.1, -0.05) is 6.07 Å². The first-order valence-corrected chi connectivity index (χ1v) is 7.95. The predicted octanol–water partition coefficient (Wildman–Crippen LogP) is 1.90. The highest BCUT2D eigenvalue weighted by molar-refractivity contribution is 7.89. The normalized spacial score (nSPS) is 11.0. The third kappa shape index (κ3) is 3.63. The maximum atomic E-state index is 12.2. The molecule has 0 aromatic heterocycles. The van der Waals surface area contributed by atoms with Gasteiger partial charge in [0.1, 0.15) is 5.75 Å². The van der Waals surface area contributed by atoms with Gasteiger partial charge in [0.05, 0.1) is 17.7 Å². The zero-order chi connectivity index (χ0) is 16.3. The minimum atomic E-state index is -3.77. The summed E-state index contributed by atoms with van der Waals surface area (Å²) in [5.41, 5.74) is 1.83. The molecule has 7 heteroatoms. The van der Waals surface area contributed by atoms with E-state index in [-0.39, 0.29) is 10.8 Å². The molecule has 6 nitrogen and oxygen atoms in total. The van der Waals surface area contributed by atoms with Gasteiger partial charge in [0, 0.05) is 5.56 Å². The molecule has 2 aromatic carbocycles. The van der Waals surface area contributed by atoms with Gasteiger partial charge < -0.3 is 10.1 Å². The molecule has 116 valence electrons. The van der Waals surface area contributed by atoms with Crippen LogP contribution in [-0.2, 0) is 10.0 Å². The Morgan fingerprint density at radius 3 is 2.32 bits per heavy atom. The molecule has 0 aliphatic carbocycles. The number of aryl methyl sites for hydroxylation is 1. The van der Waals surface area contributed by atoms with Crippen LogP contribution >= 0.6 is 0 Å². The first-order valence-electron chi connectivity index (χ1n) is 6.40. The minimum absolute atomic E-state index is 0.0443. The summed E-state index contributed by atoms with van der Waals surface area (Å²) < 4.78 is 27.6. The number of amides is 1. The van der Waals surface area contributed by atoms with Crippen LogP contribution in [0.25, 0.3) is 0 Å². The number of ether oxygens (including phenoxy) is 1. The Labute approximate surface area is 129 Å². The lowest BCUT2D eigenvalue weighted by Gasteiger charge is -2.11. The van der Waals surface area contributed by atoms with E-state index in [2.05, 4.69) is 5.32 Å². The van der Waals surface area contributed by atoms with Crippen molar-refractivity contribution >= 4 is 21.6 Å². The smallest absolute Gasteiger partial charge is 0.255 e. The van der Waals surface area contributed by atoms with Crippen molar-refractivity contribution in [2.24, 2.45) is 5.14 Å². The van der Waals surface area contributed by atoms with Gasteiger partial charge in [0.25, 0.3) is 5.91 Å². The maximum Gasteiger partial charge on any atom is 0.255 e. The lowest BCUT2D eigenvalue weighted by Crippen LogP contribution is -2.15. The molecule has 0 aliphatic heterocycles. The predicted molar refractivity (Wildman–Crippen MR) is 83.5 cm³/mol. The van der Waals surface area contributed by atoms with Gasteiger partial charge in [-0.3, -0.25) is 4.79 Å². The average Bonchev–Trinajstić information content (AvgIpc) is 2.46. The second kappa shape index (κ2) is 6.17. The molecule has 0 bridgehead atoms. The third-order valence-corrected chi connectivity index (χ3v) is 3.98. The Kier molecular flexibility index (Phi) is 4.48. The summed E-state index contributed by atoms with van der Waals surface area (Å²) in [6.45, 7) is 1.90.